The van der Waals surface area contributed by atoms with E-state index in [0.717, 1.165) is 26.0 Å². The number of ether oxygens (including phenoxy) is 1. The van der Waals surface area contributed by atoms with Gasteiger partial charge in [0.1, 0.15) is 0 Å². The highest BCUT2D eigenvalue weighted by Crippen LogP contribution is 2.20. The van der Waals surface area contributed by atoms with Crippen LogP contribution >= 0.6 is 0 Å². The molecule has 102 valence electrons. The van der Waals surface area contributed by atoms with Crippen LogP contribution in [0.3, 0.4) is 0 Å². The highest BCUT2D eigenvalue weighted by molar-refractivity contribution is 5.47. The zero-order valence-electron chi connectivity index (χ0n) is 12.1. The Morgan fingerprint density at radius 3 is 2.44 bits per heavy atom. The van der Waals surface area contributed by atoms with Gasteiger partial charge in [0, 0.05) is 39.0 Å². The van der Waals surface area contributed by atoms with Gasteiger partial charge >= 0.3 is 0 Å². The van der Waals surface area contributed by atoms with Crippen molar-refractivity contribution in [2.75, 3.05) is 39.3 Å². The number of benzene rings is 1. The first kappa shape index (κ1) is 15.0. The lowest BCUT2D eigenvalue weighted by Gasteiger charge is -2.21. The minimum absolute atomic E-state index is 0.456. The Morgan fingerprint density at radius 2 is 1.94 bits per heavy atom. The van der Waals surface area contributed by atoms with Crippen molar-refractivity contribution in [1.29, 1.82) is 0 Å². The molecule has 0 bridgehead atoms. The van der Waals surface area contributed by atoms with Gasteiger partial charge in [0.15, 0.2) is 0 Å². The fraction of sp³-hybridized carbons (Fsp3) is 0.600. The standard InChI is InChI=1S/C15H26N2O/c1-5-15(16-2)13-7-9-14(10-8-13)17(3)11-6-12-18-4/h7-10,15-16H,5-6,11-12H2,1-4H3. The molecule has 0 aromatic heterocycles. The summed E-state index contributed by atoms with van der Waals surface area (Å²) >= 11 is 0. The van der Waals surface area contributed by atoms with E-state index in [9.17, 15) is 0 Å². The van der Waals surface area contributed by atoms with Crippen LogP contribution in [0.15, 0.2) is 24.3 Å². The molecule has 1 aromatic carbocycles. The van der Waals surface area contributed by atoms with Gasteiger partial charge in [0.2, 0.25) is 0 Å². The Bertz CT molecular complexity index is 320. The van der Waals surface area contributed by atoms with E-state index in [1.54, 1.807) is 7.11 Å². The first-order chi connectivity index (χ1) is 8.72. The monoisotopic (exact) mass is 250 g/mol. The second kappa shape index (κ2) is 8.11. The molecule has 0 aliphatic rings. The molecule has 1 aromatic rings. The minimum atomic E-state index is 0.456. The summed E-state index contributed by atoms with van der Waals surface area (Å²) in [6.07, 6.45) is 2.17. The van der Waals surface area contributed by atoms with Gasteiger partial charge in [-0.3, -0.25) is 0 Å². The Hall–Kier alpha value is -1.06. The van der Waals surface area contributed by atoms with E-state index in [-0.39, 0.29) is 0 Å². The van der Waals surface area contributed by atoms with Crippen LogP contribution in [0.1, 0.15) is 31.4 Å². The number of nitrogens with zero attached hydrogens (tertiary/aromatic N) is 1. The van der Waals surface area contributed by atoms with E-state index in [4.69, 9.17) is 4.74 Å². The van der Waals surface area contributed by atoms with Crippen LogP contribution < -0.4 is 10.2 Å². The van der Waals surface area contributed by atoms with Crippen molar-refractivity contribution < 1.29 is 4.74 Å². The van der Waals surface area contributed by atoms with Gasteiger partial charge in [-0.15, -0.1) is 0 Å². The van der Waals surface area contributed by atoms with E-state index >= 15 is 0 Å². The van der Waals surface area contributed by atoms with Gasteiger partial charge in [0.05, 0.1) is 0 Å². The lowest BCUT2D eigenvalue weighted by atomic mass is 10.0. The van der Waals surface area contributed by atoms with Crippen LogP contribution in [0.25, 0.3) is 0 Å². The Morgan fingerprint density at radius 1 is 1.28 bits per heavy atom. The second-order valence-electron chi connectivity index (χ2n) is 4.61. The van der Waals surface area contributed by atoms with E-state index in [2.05, 4.69) is 48.5 Å². The number of methoxy groups -OCH3 is 1. The number of nitrogens with one attached hydrogen (secondary N) is 1. The first-order valence-electron chi connectivity index (χ1n) is 6.70. The maximum atomic E-state index is 5.07. The maximum Gasteiger partial charge on any atom is 0.0479 e. The summed E-state index contributed by atoms with van der Waals surface area (Å²) in [5.41, 5.74) is 2.62. The van der Waals surface area contributed by atoms with Crippen molar-refractivity contribution in [2.24, 2.45) is 0 Å². The van der Waals surface area contributed by atoms with Gasteiger partial charge < -0.3 is 15.0 Å². The molecule has 1 unspecified atom stereocenters. The SMILES string of the molecule is CCC(NC)c1ccc(N(C)CCCOC)cc1. The van der Waals surface area contributed by atoms with Crippen LogP contribution in [-0.2, 0) is 4.74 Å². The molecule has 3 heteroatoms. The van der Waals surface area contributed by atoms with E-state index < -0.39 is 0 Å². The smallest absolute Gasteiger partial charge is 0.0479 e. The fourth-order valence-electron chi connectivity index (χ4n) is 2.14. The normalized spacial score (nSPS) is 12.4. The molecule has 1 rings (SSSR count). The van der Waals surface area contributed by atoms with E-state index in [0.29, 0.717) is 6.04 Å². The number of hydrogen-bond acceptors (Lipinski definition) is 3. The molecule has 0 saturated heterocycles. The van der Waals surface area contributed by atoms with Crippen molar-refractivity contribution >= 4 is 5.69 Å². The Kier molecular flexibility index (Phi) is 6.76. The van der Waals surface area contributed by atoms with Gasteiger partial charge in [-0.05, 0) is 37.6 Å². The minimum Gasteiger partial charge on any atom is -0.385 e. The molecule has 0 saturated carbocycles. The quantitative estimate of drug-likeness (QED) is 0.718. The van der Waals surface area contributed by atoms with Crippen LogP contribution in [0.4, 0.5) is 5.69 Å². The molecule has 1 atom stereocenters. The molecular formula is C15H26N2O. The molecular weight excluding hydrogens is 224 g/mol. The third-order valence-electron chi connectivity index (χ3n) is 3.33. The van der Waals surface area contributed by atoms with Crippen molar-refractivity contribution in [2.45, 2.75) is 25.8 Å². The number of rotatable bonds is 8. The summed E-state index contributed by atoms with van der Waals surface area (Å²) in [5.74, 6) is 0. The molecule has 0 radical (unpaired) electrons. The lowest BCUT2D eigenvalue weighted by Crippen LogP contribution is -2.20. The molecule has 0 amide bonds. The molecule has 0 aliphatic heterocycles. The second-order valence-corrected chi connectivity index (χ2v) is 4.61. The Labute approximate surface area is 111 Å². The van der Waals surface area contributed by atoms with Crippen LogP contribution in [0.5, 0.6) is 0 Å². The van der Waals surface area contributed by atoms with Gasteiger partial charge in [-0.2, -0.15) is 0 Å². The predicted octanol–water partition coefficient (Wildman–Crippen LogP) is 2.83. The topological polar surface area (TPSA) is 24.5 Å². The van der Waals surface area contributed by atoms with Crippen LogP contribution in [0.2, 0.25) is 0 Å². The highest BCUT2D eigenvalue weighted by atomic mass is 16.5. The van der Waals surface area contributed by atoms with Crippen molar-refractivity contribution in [3.63, 3.8) is 0 Å². The summed E-state index contributed by atoms with van der Waals surface area (Å²) < 4.78 is 5.07. The number of anilines is 1. The van der Waals surface area contributed by atoms with Crippen LogP contribution in [-0.4, -0.2) is 34.4 Å². The first-order valence-corrected chi connectivity index (χ1v) is 6.70. The lowest BCUT2D eigenvalue weighted by molar-refractivity contribution is 0.196. The Balaban J connectivity index is 2.58. The average molecular weight is 250 g/mol. The molecule has 3 nitrogen and oxygen atoms in total. The van der Waals surface area contributed by atoms with Gasteiger partial charge in [-0.25, -0.2) is 0 Å². The molecule has 0 aliphatic carbocycles. The van der Waals surface area contributed by atoms with Crippen molar-refractivity contribution in [1.82, 2.24) is 5.32 Å². The largest absolute Gasteiger partial charge is 0.385 e. The molecule has 18 heavy (non-hydrogen) atoms. The van der Waals surface area contributed by atoms with Crippen molar-refractivity contribution in [3.05, 3.63) is 29.8 Å². The predicted molar refractivity (Wildman–Crippen MR) is 78.3 cm³/mol. The average Bonchev–Trinajstić information content (AvgIpc) is 2.41. The zero-order chi connectivity index (χ0) is 13.4. The maximum absolute atomic E-state index is 5.07. The highest BCUT2D eigenvalue weighted by Gasteiger charge is 2.07. The number of hydrogen-bond donors (Lipinski definition) is 1. The zero-order valence-corrected chi connectivity index (χ0v) is 12.1. The van der Waals surface area contributed by atoms with Crippen LogP contribution in [0, 0.1) is 0 Å². The van der Waals surface area contributed by atoms with Crippen molar-refractivity contribution in [3.8, 4) is 0 Å². The van der Waals surface area contributed by atoms with Gasteiger partial charge in [-0.1, -0.05) is 19.1 Å². The summed E-state index contributed by atoms with van der Waals surface area (Å²) in [7, 11) is 5.89. The summed E-state index contributed by atoms with van der Waals surface area (Å²) in [6.45, 7) is 4.04. The molecule has 1 N–H and O–H groups in total. The van der Waals surface area contributed by atoms with E-state index in [1.165, 1.54) is 11.3 Å². The van der Waals surface area contributed by atoms with E-state index in [1.807, 2.05) is 7.05 Å². The molecule has 0 fully saturated rings. The third-order valence-corrected chi connectivity index (χ3v) is 3.33. The summed E-state index contributed by atoms with van der Waals surface area (Å²) in [6, 6.07) is 9.28. The fourth-order valence-corrected chi connectivity index (χ4v) is 2.14. The molecule has 0 heterocycles. The third kappa shape index (κ3) is 4.31. The molecule has 0 spiro atoms. The van der Waals surface area contributed by atoms with Gasteiger partial charge in [0.25, 0.3) is 0 Å². The summed E-state index contributed by atoms with van der Waals surface area (Å²) in [4.78, 5) is 2.27. The summed E-state index contributed by atoms with van der Waals surface area (Å²) in [5, 5.41) is 3.33.